The summed E-state index contributed by atoms with van der Waals surface area (Å²) in [5, 5.41) is 0.0231. The second kappa shape index (κ2) is 5.05. The van der Waals surface area contributed by atoms with Gasteiger partial charge in [0.25, 0.3) is 0 Å². The van der Waals surface area contributed by atoms with Crippen LogP contribution in [0.3, 0.4) is 0 Å². The van der Waals surface area contributed by atoms with Crippen molar-refractivity contribution in [2.24, 2.45) is 0 Å². The lowest BCUT2D eigenvalue weighted by atomic mass is 10.0. The Morgan fingerprint density at radius 3 is 2.62 bits per heavy atom. The van der Waals surface area contributed by atoms with Crippen molar-refractivity contribution < 1.29 is 8.78 Å². The number of rotatable bonds is 2. The Morgan fingerprint density at radius 1 is 1.24 bits per heavy atom. The molecule has 0 aliphatic heterocycles. The zero-order valence-corrected chi connectivity index (χ0v) is 11.2. The van der Waals surface area contributed by atoms with E-state index < -0.39 is 17.1 Å². The maximum atomic E-state index is 14.8. The summed E-state index contributed by atoms with van der Waals surface area (Å²) in [6, 6.07) is 2.37. The Balaban J connectivity index is 2.46. The van der Waals surface area contributed by atoms with E-state index in [9.17, 15) is 13.6 Å². The minimum absolute atomic E-state index is 0.0231. The van der Waals surface area contributed by atoms with Crippen LogP contribution in [0.2, 0.25) is 0 Å². The van der Waals surface area contributed by atoms with Crippen molar-refractivity contribution in [3.63, 3.8) is 0 Å². The van der Waals surface area contributed by atoms with Crippen LogP contribution < -0.4 is 5.43 Å². The van der Waals surface area contributed by atoms with Gasteiger partial charge in [0.1, 0.15) is 12.1 Å². The molecule has 2 aromatic heterocycles. The molecule has 0 aliphatic rings. The van der Waals surface area contributed by atoms with Crippen molar-refractivity contribution in [1.82, 2.24) is 14.5 Å². The second-order valence-corrected chi connectivity index (χ2v) is 4.54. The number of fused-ring (bicyclic) bond motifs is 1. The van der Waals surface area contributed by atoms with Gasteiger partial charge in [0.15, 0.2) is 11.2 Å². The van der Waals surface area contributed by atoms with Crippen molar-refractivity contribution in [2.75, 3.05) is 0 Å². The maximum Gasteiger partial charge on any atom is 0.189 e. The molecule has 0 fully saturated rings. The third-order valence-corrected chi connectivity index (χ3v) is 3.34. The van der Waals surface area contributed by atoms with Crippen molar-refractivity contribution in [2.45, 2.75) is 13.5 Å². The number of benzene rings is 1. The molecular formula is C15H11F2N3O. The van der Waals surface area contributed by atoms with Crippen molar-refractivity contribution in [3.8, 4) is 11.1 Å². The number of nitrogens with zero attached hydrogens (tertiary/aromatic N) is 3. The predicted molar refractivity (Wildman–Crippen MR) is 74.8 cm³/mol. The minimum Gasteiger partial charge on any atom is -0.345 e. The molecule has 106 valence electrons. The number of aryl methyl sites for hydroxylation is 1. The molecule has 0 aliphatic carbocycles. The molecule has 0 atom stereocenters. The lowest BCUT2D eigenvalue weighted by Crippen LogP contribution is -2.10. The average Bonchev–Trinajstić information content (AvgIpc) is 2.49. The summed E-state index contributed by atoms with van der Waals surface area (Å²) in [4.78, 5) is 19.4. The van der Waals surface area contributed by atoms with Gasteiger partial charge in [-0.15, -0.1) is 0 Å². The lowest BCUT2D eigenvalue weighted by Gasteiger charge is -2.12. The Bertz CT molecular complexity index is 875. The van der Waals surface area contributed by atoms with Gasteiger partial charge in [-0.2, -0.15) is 0 Å². The summed E-state index contributed by atoms with van der Waals surface area (Å²) in [5.74, 6) is -1.58. The molecule has 3 rings (SSSR count). The van der Waals surface area contributed by atoms with Crippen molar-refractivity contribution in [3.05, 3.63) is 58.9 Å². The summed E-state index contributed by atoms with van der Waals surface area (Å²) >= 11 is 0. The first kappa shape index (κ1) is 13.4. The SMILES string of the molecule is CCn1ccc(=O)c2cc(F)c(-c3cncnc3)c(F)c21. The highest BCUT2D eigenvalue weighted by Gasteiger charge is 2.19. The number of halogens is 2. The van der Waals surface area contributed by atoms with Gasteiger partial charge in [-0.05, 0) is 13.0 Å². The Hall–Kier alpha value is -2.63. The number of pyridine rings is 1. The highest BCUT2D eigenvalue weighted by atomic mass is 19.1. The first-order valence-corrected chi connectivity index (χ1v) is 6.40. The molecule has 1 aromatic carbocycles. The van der Waals surface area contributed by atoms with Gasteiger partial charge in [-0.3, -0.25) is 4.79 Å². The van der Waals surface area contributed by atoms with Crippen LogP contribution >= 0.6 is 0 Å². The molecule has 2 heterocycles. The van der Waals surface area contributed by atoms with E-state index in [2.05, 4.69) is 9.97 Å². The summed E-state index contributed by atoms with van der Waals surface area (Å²) in [7, 11) is 0. The van der Waals surface area contributed by atoms with E-state index >= 15 is 0 Å². The zero-order valence-electron chi connectivity index (χ0n) is 11.2. The highest BCUT2D eigenvalue weighted by molar-refractivity contribution is 5.85. The van der Waals surface area contributed by atoms with Crippen LogP contribution in [0.1, 0.15) is 6.92 Å². The number of hydrogen-bond acceptors (Lipinski definition) is 3. The quantitative estimate of drug-likeness (QED) is 0.728. The molecule has 0 saturated carbocycles. The first-order chi connectivity index (χ1) is 10.1. The van der Waals surface area contributed by atoms with Gasteiger partial charge >= 0.3 is 0 Å². The Morgan fingerprint density at radius 2 is 1.95 bits per heavy atom. The van der Waals surface area contributed by atoms with Crippen LogP contribution in [0.5, 0.6) is 0 Å². The van der Waals surface area contributed by atoms with E-state index in [1.54, 1.807) is 4.57 Å². The van der Waals surface area contributed by atoms with Crippen LogP contribution in [-0.2, 0) is 6.54 Å². The fourth-order valence-electron chi connectivity index (χ4n) is 2.36. The monoisotopic (exact) mass is 287 g/mol. The van der Waals surface area contributed by atoms with E-state index in [4.69, 9.17) is 0 Å². The molecule has 21 heavy (non-hydrogen) atoms. The van der Waals surface area contributed by atoms with Crippen molar-refractivity contribution in [1.29, 1.82) is 0 Å². The minimum atomic E-state index is -0.805. The van der Waals surface area contributed by atoms with E-state index in [0.29, 0.717) is 6.54 Å². The molecule has 3 aromatic rings. The number of aromatic nitrogens is 3. The topological polar surface area (TPSA) is 47.8 Å². The number of hydrogen-bond donors (Lipinski definition) is 0. The third kappa shape index (κ3) is 2.08. The van der Waals surface area contributed by atoms with Crippen molar-refractivity contribution >= 4 is 10.9 Å². The van der Waals surface area contributed by atoms with Gasteiger partial charge in [-0.1, -0.05) is 0 Å². The van der Waals surface area contributed by atoms with Crippen LogP contribution in [0, 0.1) is 11.6 Å². The normalized spacial score (nSPS) is 11.0. The molecule has 0 N–H and O–H groups in total. The van der Waals surface area contributed by atoms with Crippen LogP contribution in [0.15, 0.2) is 41.8 Å². The third-order valence-electron chi connectivity index (χ3n) is 3.34. The van der Waals surface area contributed by atoms with Gasteiger partial charge < -0.3 is 4.57 Å². The molecule has 6 heteroatoms. The van der Waals surface area contributed by atoms with E-state index in [-0.39, 0.29) is 22.0 Å². The van der Waals surface area contributed by atoms with Crippen LogP contribution in [-0.4, -0.2) is 14.5 Å². The van der Waals surface area contributed by atoms with E-state index in [0.717, 1.165) is 6.07 Å². The highest BCUT2D eigenvalue weighted by Crippen LogP contribution is 2.30. The summed E-state index contributed by atoms with van der Waals surface area (Å²) in [6.45, 7) is 2.28. The van der Waals surface area contributed by atoms with Gasteiger partial charge in [0.2, 0.25) is 0 Å². The lowest BCUT2D eigenvalue weighted by molar-refractivity contribution is 0.590. The molecule has 4 nitrogen and oxygen atoms in total. The van der Waals surface area contributed by atoms with Gasteiger partial charge in [-0.25, -0.2) is 18.7 Å². The van der Waals surface area contributed by atoms with Crippen LogP contribution in [0.4, 0.5) is 8.78 Å². The van der Waals surface area contributed by atoms with Crippen LogP contribution in [0.25, 0.3) is 22.0 Å². The molecule has 0 bridgehead atoms. The smallest absolute Gasteiger partial charge is 0.189 e. The fourth-order valence-corrected chi connectivity index (χ4v) is 2.36. The molecule has 0 spiro atoms. The first-order valence-electron chi connectivity index (χ1n) is 6.40. The van der Waals surface area contributed by atoms with Gasteiger partial charge in [0.05, 0.1) is 16.5 Å². The Kier molecular flexibility index (Phi) is 3.21. The molecule has 0 amide bonds. The second-order valence-electron chi connectivity index (χ2n) is 4.54. The van der Waals surface area contributed by atoms with E-state index in [1.165, 1.54) is 31.0 Å². The molecule has 0 radical (unpaired) electrons. The maximum absolute atomic E-state index is 14.8. The molecule has 0 unspecified atom stereocenters. The summed E-state index contributed by atoms with van der Waals surface area (Å²) in [5.41, 5.74) is -0.321. The fraction of sp³-hybridized carbons (Fsp3) is 0.133. The standard InChI is InChI=1S/C15H11F2N3O/c1-2-20-4-3-12(21)10-5-11(16)13(14(17)15(10)20)9-6-18-8-19-7-9/h3-8H,2H2,1H3. The van der Waals surface area contributed by atoms with E-state index in [1.807, 2.05) is 6.92 Å². The molecular weight excluding hydrogens is 276 g/mol. The van der Waals surface area contributed by atoms with Gasteiger partial charge in [0, 0.05) is 36.8 Å². The predicted octanol–water partition coefficient (Wildman–Crippen LogP) is 2.76. The molecule has 0 saturated heterocycles. The zero-order chi connectivity index (χ0) is 15.0. The average molecular weight is 287 g/mol. The Labute approximate surface area is 118 Å². The summed E-state index contributed by atoms with van der Waals surface area (Å²) < 4.78 is 30.6. The largest absolute Gasteiger partial charge is 0.345 e. The summed E-state index contributed by atoms with van der Waals surface area (Å²) in [6.07, 6.45) is 5.44.